The van der Waals surface area contributed by atoms with Gasteiger partial charge in [0.15, 0.2) is 11.7 Å². The Morgan fingerprint density at radius 2 is 1.56 bits per heavy atom. The van der Waals surface area contributed by atoms with Crippen LogP contribution < -0.4 is 10.6 Å². The van der Waals surface area contributed by atoms with E-state index in [2.05, 4.69) is 22.8 Å². The molecule has 144 valence electrons. The SMILES string of the molecule is O=C(Nc1ccc(C2CCCCC2)cc1)C1C(=O)NC2CCCCC2C1=O. The number of piperidine rings is 1. The summed E-state index contributed by atoms with van der Waals surface area (Å²) in [6.45, 7) is 0. The molecule has 4 rings (SSSR count). The van der Waals surface area contributed by atoms with Crippen LogP contribution in [0, 0.1) is 11.8 Å². The summed E-state index contributed by atoms with van der Waals surface area (Å²) in [7, 11) is 0. The maximum absolute atomic E-state index is 12.7. The van der Waals surface area contributed by atoms with E-state index < -0.39 is 17.7 Å². The zero-order valence-electron chi connectivity index (χ0n) is 15.7. The number of benzene rings is 1. The van der Waals surface area contributed by atoms with Crippen LogP contribution in [0.25, 0.3) is 0 Å². The largest absolute Gasteiger partial charge is 0.352 e. The highest BCUT2D eigenvalue weighted by Crippen LogP contribution is 2.34. The molecule has 0 spiro atoms. The molecule has 0 bridgehead atoms. The standard InChI is InChI=1S/C22H28N2O3/c25-20-17-8-4-5-9-18(17)24-22(27)19(20)21(26)23-16-12-10-15(11-13-16)14-6-2-1-3-7-14/h10-14,17-19H,1-9H2,(H,23,26)(H,24,27). The van der Waals surface area contributed by atoms with Crippen LogP contribution in [0.3, 0.4) is 0 Å². The summed E-state index contributed by atoms with van der Waals surface area (Å²) in [6, 6.07) is 7.81. The fraction of sp³-hybridized carbons (Fsp3) is 0.591. The topological polar surface area (TPSA) is 75.3 Å². The molecule has 3 atom stereocenters. The number of carbonyl (C=O) groups excluding carboxylic acids is 3. The van der Waals surface area contributed by atoms with Crippen LogP contribution in [0.5, 0.6) is 0 Å². The van der Waals surface area contributed by atoms with Crippen molar-refractivity contribution in [1.29, 1.82) is 0 Å². The number of anilines is 1. The van der Waals surface area contributed by atoms with Gasteiger partial charge in [-0.2, -0.15) is 0 Å². The Labute approximate surface area is 160 Å². The third-order valence-corrected chi connectivity index (χ3v) is 6.52. The van der Waals surface area contributed by atoms with E-state index in [-0.39, 0.29) is 17.7 Å². The van der Waals surface area contributed by atoms with Gasteiger partial charge in [0.25, 0.3) is 0 Å². The van der Waals surface area contributed by atoms with Crippen molar-refractivity contribution in [3.8, 4) is 0 Å². The lowest BCUT2D eigenvalue weighted by Crippen LogP contribution is -2.58. The monoisotopic (exact) mass is 368 g/mol. The third-order valence-electron chi connectivity index (χ3n) is 6.52. The number of ketones is 1. The van der Waals surface area contributed by atoms with E-state index >= 15 is 0 Å². The van der Waals surface area contributed by atoms with Gasteiger partial charge in [-0.05, 0) is 49.3 Å². The number of Topliss-reactive ketones (excluding diaryl/α,β-unsaturated/α-hetero) is 1. The van der Waals surface area contributed by atoms with Crippen molar-refractivity contribution >= 4 is 23.3 Å². The molecule has 2 N–H and O–H groups in total. The molecule has 0 aromatic heterocycles. The van der Waals surface area contributed by atoms with Crippen LogP contribution in [-0.4, -0.2) is 23.6 Å². The molecule has 0 radical (unpaired) electrons. The van der Waals surface area contributed by atoms with Crippen LogP contribution >= 0.6 is 0 Å². The minimum Gasteiger partial charge on any atom is -0.352 e. The van der Waals surface area contributed by atoms with E-state index in [1.807, 2.05) is 12.1 Å². The molecule has 5 nitrogen and oxygen atoms in total. The average Bonchev–Trinajstić information content (AvgIpc) is 2.69. The lowest BCUT2D eigenvalue weighted by molar-refractivity contribution is -0.147. The molecule has 2 aliphatic carbocycles. The highest BCUT2D eigenvalue weighted by molar-refractivity contribution is 6.23. The highest BCUT2D eigenvalue weighted by atomic mass is 16.2. The first-order valence-electron chi connectivity index (χ1n) is 10.4. The molecule has 1 aromatic carbocycles. The molecule has 2 amide bonds. The van der Waals surface area contributed by atoms with Crippen LogP contribution in [0.1, 0.15) is 69.3 Å². The lowest BCUT2D eigenvalue weighted by atomic mass is 9.74. The van der Waals surface area contributed by atoms with Gasteiger partial charge < -0.3 is 10.6 Å². The molecule has 5 heteroatoms. The van der Waals surface area contributed by atoms with E-state index in [0.717, 1.165) is 25.7 Å². The molecule has 1 aromatic rings. The Morgan fingerprint density at radius 1 is 0.889 bits per heavy atom. The van der Waals surface area contributed by atoms with Gasteiger partial charge in [-0.25, -0.2) is 0 Å². The first kappa shape index (κ1) is 18.2. The van der Waals surface area contributed by atoms with Gasteiger partial charge in [0.2, 0.25) is 11.8 Å². The van der Waals surface area contributed by atoms with Gasteiger partial charge in [0.1, 0.15) is 0 Å². The van der Waals surface area contributed by atoms with Gasteiger partial charge in [-0.1, -0.05) is 44.2 Å². The number of amides is 2. The second-order valence-electron chi connectivity index (χ2n) is 8.29. The second kappa shape index (κ2) is 7.83. The summed E-state index contributed by atoms with van der Waals surface area (Å²) in [5.74, 6) is -1.98. The van der Waals surface area contributed by atoms with E-state index in [9.17, 15) is 14.4 Å². The maximum atomic E-state index is 12.7. The predicted molar refractivity (Wildman–Crippen MR) is 103 cm³/mol. The summed E-state index contributed by atoms with van der Waals surface area (Å²) in [5.41, 5.74) is 1.95. The molecule has 1 heterocycles. The molecule has 1 saturated heterocycles. The quantitative estimate of drug-likeness (QED) is 0.801. The fourth-order valence-corrected chi connectivity index (χ4v) is 4.99. The lowest BCUT2D eigenvalue weighted by Gasteiger charge is -2.37. The Hall–Kier alpha value is -2.17. The minimum absolute atomic E-state index is 0.0856. The molecular formula is C22H28N2O3. The van der Waals surface area contributed by atoms with Gasteiger partial charge in [0, 0.05) is 17.6 Å². The molecule has 3 unspecified atom stereocenters. The Bertz CT molecular complexity index is 722. The van der Waals surface area contributed by atoms with Crippen molar-refractivity contribution in [1.82, 2.24) is 5.32 Å². The summed E-state index contributed by atoms with van der Waals surface area (Å²) >= 11 is 0. The molecule has 27 heavy (non-hydrogen) atoms. The van der Waals surface area contributed by atoms with E-state index in [1.54, 1.807) is 0 Å². The highest BCUT2D eigenvalue weighted by Gasteiger charge is 2.47. The van der Waals surface area contributed by atoms with Crippen LogP contribution in [0.4, 0.5) is 5.69 Å². The molecule has 1 aliphatic heterocycles. The number of fused-ring (bicyclic) bond motifs is 1. The number of rotatable bonds is 3. The van der Waals surface area contributed by atoms with Crippen molar-refractivity contribution in [3.63, 3.8) is 0 Å². The van der Waals surface area contributed by atoms with Gasteiger partial charge >= 0.3 is 0 Å². The van der Waals surface area contributed by atoms with E-state index in [0.29, 0.717) is 11.6 Å². The van der Waals surface area contributed by atoms with Gasteiger partial charge in [-0.3, -0.25) is 14.4 Å². The first-order valence-corrected chi connectivity index (χ1v) is 10.4. The van der Waals surface area contributed by atoms with E-state index in [1.165, 1.54) is 37.7 Å². The van der Waals surface area contributed by atoms with Gasteiger partial charge in [-0.15, -0.1) is 0 Å². The number of nitrogens with one attached hydrogen (secondary N) is 2. The summed E-state index contributed by atoms with van der Waals surface area (Å²) in [5, 5.41) is 5.67. The van der Waals surface area contributed by atoms with Crippen LogP contribution in [-0.2, 0) is 14.4 Å². The number of hydrogen-bond acceptors (Lipinski definition) is 3. The van der Waals surface area contributed by atoms with Crippen LogP contribution in [0.2, 0.25) is 0 Å². The predicted octanol–water partition coefficient (Wildman–Crippen LogP) is 3.55. The summed E-state index contributed by atoms with van der Waals surface area (Å²) in [6.07, 6.45) is 9.95. The third kappa shape index (κ3) is 3.78. The van der Waals surface area contributed by atoms with Crippen molar-refractivity contribution in [3.05, 3.63) is 29.8 Å². The average molecular weight is 368 g/mol. The molecular weight excluding hydrogens is 340 g/mol. The molecule has 3 fully saturated rings. The normalized spacial score (nSPS) is 29.0. The van der Waals surface area contributed by atoms with Crippen molar-refractivity contribution in [2.75, 3.05) is 5.32 Å². The van der Waals surface area contributed by atoms with E-state index in [4.69, 9.17) is 0 Å². The fourth-order valence-electron chi connectivity index (χ4n) is 4.99. The van der Waals surface area contributed by atoms with Crippen molar-refractivity contribution < 1.29 is 14.4 Å². The summed E-state index contributed by atoms with van der Waals surface area (Å²) < 4.78 is 0. The van der Waals surface area contributed by atoms with Crippen molar-refractivity contribution in [2.24, 2.45) is 11.8 Å². The molecule has 3 aliphatic rings. The Kier molecular flexibility index (Phi) is 5.28. The Balaban J connectivity index is 1.42. The van der Waals surface area contributed by atoms with Gasteiger partial charge in [0.05, 0.1) is 0 Å². The first-order chi connectivity index (χ1) is 13.1. The smallest absolute Gasteiger partial charge is 0.244 e. The summed E-state index contributed by atoms with van der Waals surface area (Å²) in [4.78, 5) is 37.8. The van der Waals surface area contributed by atoms with Crippen molar-refractivity contribution in [2.45, 2.75) is 69.7 Å². The van der Waals surface area contributed by atoms with Crippen LogP contribution in [0.15, 0.2) is 24.3 Å². The zero-order valence-corrected chi connectivity index (χ0v) is 15.7. The second-order valence-corrected chi connectivity index (χ2v) is 8.29. The molecule has 2 saturated carbocycles. The zero-order chi connectivity index (χ0) is 18.8. The maximum Gasteiger partial charge on any atom is 0.244 e. The Morgan fingerprint density at radius 3 is 2.30 bits per heavy atom. The minimum atomic E-state index is -1.22. The number of carbonyl (C=O) groups is 3. The number of hydrogen-bond donors (Lipinski definition) is 2.